The van der Waals surface area contributed by atoms with Crippen molar-refractivity contribution in [2.75, 3.05) is 19.7 Å². The minimum Gasteiger partial charge on any atom is -0.494 e. The van der Waals surface area contributed by atoms with Crippen LogP contribution in [0.1, 0.15) is 61.4 Å². The SMILES string of the molecule is CCOc1ccc(C(=O)N2CCC(NC(=O)C3(c4ccc(Cl)cc4)CCCC3)CC2)cc1. The summed E-state index contributed by atoms with van der Waals surface area (Å²) < 4.78 is 5.45. The standard InChI is InChI=1S/C26H31ClN2O3/c1-2-32-23-11-5-19(6-12-23)24(30)29-17-13-22(14-18-29)28-25(31)26(15-3-4-16-26)20-7-9-21(27)10-8-20/h5-12,22H,2-4,13-18H2,1H3,(H,28,31). The lowest BCUT2D eigenvalue weighted by Crippen LogP contribution is -2.51. The number of nitrogens with one attached hydrogen (secondary N) is 1. The molecule has 1 aliphatic carbocycles. The van der Waals surface area contributed by atoms with Crippen molar-refractivity contribution in [3.8, 4) is 5.75 Å². The van der Waals surface area contributed by atoms with Crippen LogP contribution in [0.2, 0.25) is 5.02 Å². The van der Waals surface area contributed by atoms with Crippen LogP contribution in [0.3, 0.4) is 0 Å². The van der Waals surface area contributed by atoms with Crippen molar-refractivity contribution in [3.63, 3.8) is 0 Å². The number of carbonyl (C=O) groups excluding carboxylic acids is 2. The summed E-state index contributed by atoms with van der Waals surface area (Å²) in [5.74, 6) is 0.923. The highest BCUT2D eigenvalue weighted by Crippen LogP contribution is 2.42. The van der Waals surface area contributed by atoms with Crippen molar-refractivity contribution in [3.05, 3.63) is 64.7 Å². The number of piperidine rings is 1. The van der Waals surface area contributed by atoms with Gasteiger partial charge < -0.3 is 15.0 Å². The highest BCUT2D eigenvalue weighted by molar-refractivity contribution is 6.30. The zero-order chi connectivity index (χ0) is 22.6. The van der Waals surface area contributed by atoms with Gasteiger partial charge in [-0.05, 0) is 74.6 Å². The van der Waals surface area contributed by atoms with Gasteiger partial charge in [0.05, 0.1) is 12.0 Å². The van der Waals surface area contributed by atoms with Crippen LogP contribution in [0.4, 0.5) is 0 Å². The highest BCUT2D eigenvalue weighted by atomic mass is 35.5. The van der Waals surface area contributed by atoms with E-state index in [1.165, 1.54) is 0 Å². The zero-order valence-electron chi connectivity index (χ0n) is 18.6. The lowest BCUT2D eigenvalue weighted by atomic mass is 9.77. The largest absolute Gasteiger partial charge is 0.494 e. The Kier molecular flexibility index (Phi) is 7.04. The monoisotopic (exact) mass is 454 g/mol. The van der Waals surface area contributed by atoms with Crippen molar-refractivity contribution in [2.24, 2.45) is 0 Å². The molecule has 2 aromatic carbocycles. The molecule has 1 saturated heterocycles. The number of rotatable bonds is 6. The molecule has 6 heteroatoms. The predicted molar refractivity (Wildman–Crippen MR) is 126 cm³/mol. The van der Waals surface area contributed by atoms with E-state index in [1.54, 1.807) is 0 Å². The summed E-state index contributed by atoms with van der Waals surface area (Å²) >= 11 is 6.07. The first-order chi connectivity index (χ1) is 15.5. The fraction of sp³-hybridized carbons (Fsp3) is 0.462. The van der Waals surface area contributed by atoms with Crippen molar-refractivity contribution in [1.82, 2.24) is 10.2 Å². The molecule has 2 aliphatic rings. The second-order valence-corrected chi connectivity index (χ2v) is 9.23. The van der Waals surface area contributed by atoms with Gasteiger partial charge in [0.25, 0.3) is 5.91 Å². The third kappa shape index (κ3) is 4.78. The summed E-state index contributed by atoms with van der Waals surface area (Å²) in [6.45, 7) is 3.83. The average Bonchev–Trinajstić information content (AvgIpc) is 3.32. The van der Waals surface area contributed by atoms with Gasteiger partial charge in [-0.15, -0.1) is 0 Å². The molecule has 1 saturated carbocycles. The van der Waals surface area contributed by atoms with Crippen LogP contribution >= 0.6 is 11.6 Å². The van der Waals surface area contributed by atoms with Crippen molar-refractivity contribution in [2.45, 2.75) is 56.9 Å². The Hall–Kier alpha value is -2.53. The van der Waals surface area contributed by atoms with Gasteiger partial charge >= 0.3 is 0 Å². The molecule has 2 aromatic rings. The molecule has 32 heavy (non-hydrogen) atoms. The van der Waals surface area contributed by atoms with E-state index in [4.69, 9.17) is 16.3 Å². The summed E-state index contributed by atoms with van der Waals surface area (Å²) in [7, 11) is 0. The first-order valence-corrected chi connectivity index (χ1v) is 12.0. The fourth-order valence-electron chi connectivity index (χ4n) is 4.99. The summed E-state index contributed by atoms with van der Waals surface area (Å²) in [5, 5.41) is 4.00. The maximum atomic E-state index is 13.4. The van der Waals surface area contributed by atoms with Crippen LogP contribution in [0.25, 0.3) is 0 Å². The molecule has 1 N–H and O–H groups in total. The molecule has 0 spiro atoms. The number of ether oxygens (including phenoxy) is 1. The molecule has 4 rings (SSSR count). The number of amides is 2. The Bertz CT molecular complexity index is 929. The molecule has 0 unspecified atom stereocenters. The normalized spacial score (nSPS) is 18.4. The third-order valence-electron chi connectivity index (χ3n) is 6.82. The fourth-order valence-corrected chi connectivity index (χ4v) is 5.11. The van der Waals surface area contributed by atoms with Crippen LogP contribution in [-0.4, -0.2) is 42.5 Å². The number of benzene rings is 2. The summed E-state index contributed by atoms with van der Waals surface area (Å²) in [6.07, 6.45) is 5.40. The molecule has 0 atom stereocenters. The molecule has 2 amide bonds. The van der Waals surface area contributed by atoms with Gasteiger partial charge in [-0.25, -0.2) is 0 Å². The number of likely N-dealkylation sites (tertiary alicyclic amines) is 1. The van der Waals surface area contributed by atoms with E-state index in [0.29, 0.717) is 30.3 Å². The van der Waals surface area contributed by atoms with E-state index < -0.39 is 5.41 Å². The van der Waals surface area contributed by atoms with Crippen LogP contribution in [0.15, 0.2) is 48.5 Å². The Morgan fingerprint density at radius 3 is 2.25 bits per heavy atom. The zero-order valence-corrected chi connectivity index (χ0v) is 19.4. The van der Waals surface area contributed by atoms with E-state index in [0.717, 1.165) is 49.8 Å². The molecule has 5 nitrogen and oxygen atoms in total. The highest BCUT2D eigenvalue weighted by Gasteiger charge is 2.43. The second kappa shape index (κ2) is 9.95. The maximum Gasteiger partial charge on any atom is 0.253 e. The predicted octanol–water partition coefficient (Wildman–Crippen LogP) is 4.97. The number of halogens is 1. The Labute approximate surface area is 195 Å². The minimum absolute atomic E-state index is 0.0336. The van der Waals surface area contributed by atoms with Crippen molar-refractivity contribution >= 4 is 23.4 Å². The molecule has 0 radical (unpaired) electrons. The lowest BCUT2D eigenvalue weighted by molar-refractivity contribution is -0.127. The summed E-state index contributed by atoms with van der Waals surface area (Å²) in [4.78, 5) is 28.1. The minimum atomic E-state index is -0.458. The first kappa shape index (κ1) is 22.7. The quantitative estimate of drug-likeness (QED) is 0.670. The molecule has 1 aliphatic heterocycles. The van der Waals surface area contributed by atoms with Gasteiger partial charge in [0.2, 0.25) is 5.91 Å². The van der Waals surface area contributed by atoms with Crippen LogP contribution in [0.5, 0.6) is 5.75 Å². The maximum absolute atomic E-state index is 13.4. The van der Waals surface area contributed by atoms with Gasteiger partial charge in [0, 0.05) is 29.7 Å². The van der Waals surface area contributed by atoms with Crippen LogP contribution in [-0.2, 0) is 10.2 Å². The smallest absolute Gasteiger partial charge is 0.253 e. The third-order valence-corrected chi connectivity index (χ3v) is 7.07. The van der Waals surface area contributed by atoms with Gasteiger partial charge in [0.1, 0.15) is 5.75 Å². The number of hydrogen-bond donors (Lipinski definition) is 1. The van der Waals surface area contributed by atoms with Crippen LogP contribution < -0.4 is 10.1 Å². The Balaban J connectivity index is 1.35. The number of carbonyl (C=O) groups is 2. The van der Waals surface area contributed by atoms with Crippen LogP contribution in [0, 0.1) is 0 Å². The molecule has 2 fully saturated rings. The molecule has 0 bridgehead atoms. The van der Waals surface area contributed by atoms with E-state index in [-0.39, 0.29) is 17.9 Å². The first-order valence-electron chi connectivity index (χ1n) is 11.6. The topological polar surface area (TPSA) is 58.6 Å². The molecular formula is C26H31ClN2O3. The van der Waals surface area contributed by atoms with Gasteiger partial charge in [-0.1, -0.05) is 36.6 Å². The van der Waals surface area contributed by atoms with E-state index in [2.05, 4.69) is 5.32 Å². The molecule has 1 heterocycles. The van der Waals surface area contributed by atoms with E-state index >= 15 is 0 Å². The summed E-state index contributed by atoms with van der Waals surface area (Å²) in [6, 6.07) is 15.1. The number of hydrogen-bond acceptors (Lipinski definition) is 3. The van der Waals surface area contributed by atoms with Gasteiger partial charge in [-0.3, -0.25) is 9.59 Å². The second-order valence-electron chi connectivity index (χ2n) is 8.79. The number of nitrogens with zero attached hydrogens (tertiary/aromatic N) is 1. The average molecular weight is 455 g/mol. The Morgan fingerprint density at radius 2 is 1.66 bits per heavy atom. The molecular weight excluding hydrogens is 424 g/mol. The van der Waals surface area contributed by atoms with Crippen molar-refractivity contribution in [1.29, 1.82) is 0 Å². The van der Waals surface area contributed by atoms with E-state index in [1.807, 2.05) is 60.4 Å². The van der Waals surface area contributed by atoms with Gasteiger partial charge in [0.15, 0.2) is 0 Å². The Morgan fingerprint density at radius 1 is 1.03 bits per heavy atom. The molecule has 170 valence electrons. The van der Waals surface area contributed by atoms with Gasteiger partial charge in [-0.2, -0.15) is 0 Å². The lowest BCUT2D eigenvalue weighted by Gasteiger charge is -2.35. The molecule has 0 aromatic heterocycles. The summed E-state index contributed by atoms with van der Waals surface area (Å²) in [5.41, 5.74) is 1.27. The van der Waals surface area contributed by atoms with E-state index in [9.17, 15) is 9.59 Å². The van der Waals surface area contributed by atoms with Crippen molar-refractivity contribution < 1.29 is 14.3 Å².